The molecule has 0 aromatic heterocycles. The van der Waals surface area contributed by atoms with Crippen LogP contribution in [0.2, 0.25) is 0 Å². The quantitative estimate of drug-likeness (QED) is 0.856. The van der Waals surface area contributed by atoms with Crippen LogP contribution in [0.3, 0.4) is 0 Å². The zero-order valence-electron chi connectivity index (χ0n) is 12.1. The van der Waals surface area contributed by atoms with E-state index in [0.29, 0.717) is 18.8 Å². The lowest BCUT2D eigenvalue weighted by molar-refractivity contribution is 0.0738. The van der Waals surface area contributed by atoms with E-state index in [1.54, 1.807) is 11.0 Å². The van der Waals surface area contributed by atoms with Crippen LogP contribution in [0.5, 0.6) is 0 Å². The highest BCUT2D eigenvalue weighted by Crippen LogP contribution is 2.16. The normalized spacial score (nSPS) is 10.4. The largest absolute Gasteiger partial charge is 0.399 e. The molecule has 0 aliphatic carbocycles. The number of benzene rings is 2. The predicted molar refractivity (Wildman–Crippen MR) is 82.3 cm³/mol. The summed E-state index contributed by atoms with van der Waals surface area (Å²) in [4.78, 5) is 14.2. The van der Waals surface area contributed by atoms with Gasteiger partial charge >= 0.3 is 0 Å². The van der Waals surface area contributed by atoms with E-state index in [4.69, 9.17) is 5.73 Å². The molecule has 3 nitrogen and oxygen atoms in total. The van der Waals surface area contributed by atoms with Crippen LogP contribution in [0.1, 0.15) is 29.3 Å². The number of amides is 1. The second-order valence-electron chi connectivity index (χ2n) is 4.95. The molecule has 0 radical (unpaired) electrons. The Morgan fingerprint density at radius 1 is 1.19 bits per heavy atom. The van der Waals surface area contributed by atoms with Crippen molar-refractivity contribution in [2.24, 2.45) is 0 Å². The SMILES string of the molecule is CCCN(Cc1ccccc1)C(=O)c1ccc(N)cc1F. The molecule has 110 valence electrons. The maximum atomic E-state index is 13.9. The van der Waals surface area contributed by atoms with Crippen molar-refractivity contribution in [2.75, 3.05) is 12.3 Å². The molecule has 0 saturated heterocycles. The van der Waals surface area contributed by atoms with Crippen molar-refractivity contribution in [3.8, 4) is 0 Å². The Morgan fingerprint density at radius 2 is 1.90 bits per heavy atom. The van der Waals surface area contributed by atoms with Gasteiger partial charge < -0.3 is 10.6 Å². The lowest BCUT2D eigenvalue weighted by Crippen LogP contribution is -2.32. The molecule has 2 N–H and O–H groups in total. The molecule has 0 aliphatic heterocycles. The van der Waals surface area contributed by atoms with Crippen LogP contribution in [-0.4, -0.2) is 17.4 Å². The van der Waals surface area contributed by atoms with Gasteiger partial charge in [-0.05, 0) is 30.2 Å². The van der Waals surface area contributed by atoms with Gasteiger partial charge in [-0.3, -0.25) is 4.79 Å². The molecule has 0 aliphatic rings. The summed E-state index contributed by atoms with van der Waals surface area (Å²) in [6, 6.07) is 13.9. The Bertz CT molecular complexity index is 613. The van der Waals surface area contributed by atoms with Gasteiger partial charge in [0.1, 0.15) is 5.82 Å². The van der Waals surface area contributed by atoms with Gasteiger partial charge in [-0.2, -0.15) is 0 Å². The smallest absolute Gasteiger partial charge is 0.257 e. The summed E-state index contributed by atoms with van der Waals surface area (Å²) >= 11 is 0. The van der Waals surface area contributed by atoms with Crippen LogP contribution in [0.4, 0.5) is 10.1 Å². The third-order valence-electron chi connectivity index (χ3n) is 3.22. The fourth-order valence-corrected chi connectivity index (χ4v) is 2.20. The van der Waals surface area contributed by atoms with Gasteiger partial charge in [0.15, 0.2) is 0 Å². The standard InChI is InChI=1S/C17H19FN2O/c1-2-10-20(12-13-6-4-3-5-7-13)17(21)15-9-8-14(19)11-16(15)18/h3-9,11H,2,10,12,19H2,1H3. The number of rotatable bonds is 5. The first-order chi connectivity index (χ1) is 10.1. The van der Waals surface area contributed by atoms with E-state index < -0.39 is 5.82 Å². The van der Waals surface area contributed by atoms with Crippen LogP contribution in [-0.2, 0) is 6.54 Å². The number of hydrogen-bond acceptors (Lipinski definition) is 2. The summed E-state index contributed by atoms with van der Waals surface area (Å²) in [5.74, 6) is -0.882. The first-order valence-electron chi connectivity index (χ1n) is 7.00. The summed E-state index contributed by atoms with van der Waals surface area (Å²) < 4.78 is 13.9. The van der Waals surface area contributed by atoms with Gasteiger partial charge in [0, 0.05) is 18.8 Å². The molecule has 4 heteroatoms. The predicted octanol–water partition coefficient (Wildman–Crippen LogP) is 3.46. The molecular weight excluding hydrogens is 267 g/mol. The molecule has 0 fully saturated rings. The Morgan fingerprint density at radius 3 is 2.52 bits per heavy atom. The van der Waals surface area contributed by atoms with Crippen molar-refractivity contribution in [1.82, 2.24) is 4.90 Å². The third-order valence-corrected chi connectivity index (χ3v) is 3.22. The van der Waals surface area contributed by atoms with E-state index in [9.17, 15) is 9.18 Å². The van der Waals surface area contributed by atoms with E-state index in [1.807, 2.05) is 37.3 Å². The van der Waals surface area contributed by atoms with Gasteiger partial charge in [0.05, 0.1) is 5.56 Å². The Hall–Kier alpha value is -2.36. The number of carbonyl (C=O) groups is 1. The molecule has 2 rings (SSSR count). The van der Waals surface area contributed by atoms with E-state index in [2.05, 4.69) is 0 Å². The summed E-state index contributed by atoms with van der Waals surface area (Å²) in [5.41, 5.74) is 6.92. The van der Waals surface area contributed by atoms with Crippen molar-refractivity contribution in [2.45, 2.75) is 19.9 Å². The number of hydrogen-bond donors (Lipinski definition) is 1. The minimum atomic E-state index is -0.575. The molecule has 2 aromatic rings. The Labute approximate surface area is 124 Å². The lowest BCUT2D eigenvalue weighted by Gasteiger charge is -2.22. The number of carbonyl (C=O) groups excluding carboxylic acids is 1. The number of halogens is 1. The highest BCUT2D eigenvalue weighted by Gasteiger charge is 2.19. The number of anilines is 1. The maximum Gasteiger partial charge on any atom is 0.257 e. The first-order valence-corrected chi connectivity index (χ1v) is 7.00. The maximum absolute atomic E-state index is 13.9. The van der Waals surface area contributed by atoms with Crippen LogP contribution < -0.4 is 5.73 Å². The highest BCUT2D eigenvalue weighted by molar-refractivity contribution is 5.94. The summed E-state index contributed by atoms with van der Waals surface area (Å²) in [6.07, 6.45) is 0.815. The summed E-state index contributed by atoms with van der Waals surface area (Å²) in [6.45, 7) is 3.04. The van der Waals surface area contributed by atoms with Crippen LogP contribution >= 0.6 is 0 Å². The number of nitrogen functional groups attached to an aromatic ring is 1. The molecule has 0 unspecified atom stereocenters. The average molecular weight is 286 g/mol. The monoisotopic (exact) mass is 286 g/mol. The van der Waals surface area contributed by atoms with E-state index in [-0.39, 0.29) is 11.5 Å². The first kappa shape index (κ1) is 15.0. The van der Waals surface area contributed by atoms with Gasteiger partial charge in [-0.1, -0.05) is 37.3 Å². The van der Waals surface area contributed by atoms with E-state index >= 15 is 0 Å². The number of nitrogens with two attached hydrogens (primary N) is 1. The van der Waals surface area contributed by atoms with Gasteiger partial charge in [0.2, 0.25) is 0 Å². The van der Waals surface area contributed by atoms with Crippen LogP contribution in [0, 0.1) is 5.82 Å². The van der Waals surface area contributed by atoms with Gasteiger partial charge in [-0.25, -0.2) is 4.39 Å². The minimum Gasteiger partial charge on any atom is -0.399 e. The number of nitrogens with zero attached hydrogens (tertiary/aromatic N) is 1. The van der Waals surface area contributed by atoms with E-state index in [1.165, 1.54) is 12.1 Å². The van der Waals surface area contributed by atoms with Gasteiger partial charge in [0.25, 0.3) is 5.91 Å². The molecule has 0 saturated carbocycles. The molecule has 0 bridgehead atoms. The molecule has 0 heterocycles. The van der Waals surface area contributed by atoms with Crippen LogP contribution in [0.25, 0.3) is 0 Å². The third kappa shape index (κ3) is 3.81. The van der Waals surface area contributed by atoms with Crippen molar-refractivity contribution >= 4 is 11.6 Å². The zero-order chi connectivity index (χ0) is 15.2. The lowest BCUT2D eigenvalue weighted by atomic mass is 10.1. The minimum absolute atomic E-state index is 0.0635. The Kier molecular flexibility index (Phi) is 4.93. The molecule has 1 amide bonds. The second kappa shape index (κ2) is 6.88. The highest BCUT2D eigenvalue weighted by atomic mass is 19.1. The molecule has 0 atom stereocenters. The van der Waals surface area contributed by atoms with Crippen molar-refractivity contribution in [1.29, 1.82) is 0 Å². The van der Waals surface area contributed by atoms with Crippen molar-refractivity contribution in [3.05, 3.63) is 65.5 Å². The van der Waals surface area contributed by atoms with Crippen LogP contribution in [0.15, 0.2) is 48.5 Å². The summed E-state index contributed by atoms with van der Waals surface area (Å²) in [7, 11) is 0. The molecule has 2 aromatic carbocycles. The molecule has 21 heavy (non-hydrogen) atoms. The Balaban J connectivity index is 2.23. The average Bonchev–Trinajstić information content (AvgIpc) is 2.47. The van der Waals surface area contributed by atoms with Gasteiger partial charge in [-0.15, -0.1) is 0 Å². The second-order valence-corrected chi connectivity index (χ2v) is 4.95. The topological polar surface area (TPSA) is 46.3 Å². The fraction of sp³-hybridized carbons (Fsp3) is 0.235. The molecular formula is C17H19FN2O. The molecule has 0 spiro atoms. The summed E-state index contributed by atoms with van der Waals surface area (Å²) in [5, 5.41) is 0. The van der Waals surface area contributed by atoms with Crippen molar-refractivity contribution in [3.63, 3.8) is 0 Å². The fourth-order valence-electron chi connectivity index (χ4n) is 2.20. The van der Waals surface area contributed by atoms with E-state index in [0.717, 1.165) is 12.0 Å². The zero-order valence-corrected chi connectivity index (χ0v) is 12.1. The van der Waals surface area contributed by atoms with Crippen molar-refractivity contribution < 1.29 is 9.18 Å².